The van der Waals surface area contributed by atoms with Crippen LogP contribution in [-0.2, 0) is 15.9 Å². The lowest BCUT2D eigenvalue weighted by atomic mass is 10.2. The van der Waals surface area contributed by atoms with Gasteiger partial charge in [0.1, 0.15) is 0 Å². The van der Waals surface area contributed by atoms with Crippen LogP contribution in [0.4, 0.5) is 0 Å². The van der Waals surface area contributed by atoms with Crippen LogP contribution in [0, 0.1) is 0 Å². The van der Waals surface area contributed by atoms with E-state index >= 15 is 0 Å². The summed E-state index contributed by atoms with van der Waals surface area (Å²) in [6.45, 7) is 2.53. The Kier molecular flexibility index (Phi) is 5.17. The molecular weight excluding hydrogens is 212 g/mol. The minimum atomic E-state index is -0.127. The molecule has 1 aromatic rings. The van der Waals surface area contributed by atoms with E-state index in [1.54, 1.807) is 25.6 Å². The zero-order valence-corrected chi connectivity index (χ0v) is 10.2. The number of aromatic nitrogens is 1. The highest BCUT2D eigenvalue weighted by Crippen LogP contribution is 2.17. The van der Waals surface area contributed by atoms with Gasteiger partial charge in [0.2, 0.25) is 0 Å². The zero-order chi connectivity index (χ0) is 11.3. The van der Waals surface area contributed by atoms with Gasteiger partial charge in [0.15, 0.2) is 0 Å². The molecule has 5 heteroatoms. The van der Waals surface area contributed by atoms with E-state index in [1.165, 1.54) is 0 Å². The molecule has 0 aliphatic rings. The third-order valence-corrected chi connectivity index (χ3v) is 3.05. The van der Waals surface area contributed by atoms with Gasteiger partial charge in [0.25, 0.3) is 0 Å². The smallest absolute Gasteiger partial charge is 0.0954 e. The third-order valence-electron chi connectivity index (χ3n) is 2.16. The molecule has 1 aromatic heterocycles. The Balaban J connectivity index is 2.55. The number of hydrogen-bond acceptors (Lipinski definition) is 5. The van der Waals surface area contributed by atoms with Gasteiger partial charge in [-0.1, -0.05) is 0 Å². The molecule has 0 radical (unpaired) electrons. The van der Waals surface area contributed by atoms with Gasteiger partial charge < -0.3 is 15.2 Å². The number of hydrogen-bond donors (Lipinski definition) is 1. The highest BCUT2D eigenvalue weighted by molar-refractivity contribution is 7.09. The maximum absolute atomic E-state index is 5.87. The molecule has 1 rings (SSSR count). The monoisotopic (exact) mass is 230 g/mol. The second-order valence-electron chi connectivity index (χ2n) is 3.48. The molecule has 4 nitrogen and oxygen atoms in total. The Bertz CT molecular complexity index is 291. The van der Waals surface area contributed by atoms with Crippen LogP contribution in [0.1, 0.15) is 23.7 Å². The number of nitrogens with zero attached hydrogens (tertiary/aromatic N) is 1. The molecule has 0 spiro atoms. The van der Waals surface area contributed by atoms with Gasteiger partial charge in [-0.05, 0) is 6.92 Å². The molecule has 0 saturated heterocycles. The number of ether oxygens (including phenoxy) is 2. The topological polar surface area (TPSA) is 57.4 Å². The molecule has 0 saturated carbocycles. The molecule has 0 amide bonds. The minimum Gasteiger partial charge on any atom is -0.383 e. The SMILES string of the molecule is COCC(N)c1csc(CC(C)OC)n1. The summed E-state index contributed by atoms with van der Waals surface area (Å²) < 4.78 is 10.2. The first-order valence-electron chi connectivity index (χ1n) is 4.89. The predicted molar refractivity (Wildman–Crippen MR) is 61.1 cm³/mol. The van der Waals surface area contributed by atoms with Crippen molar-refractivity contribution in [2.24, 2.45) is 5.73 Å². The number of methoxy groups -OCH3 is 2. The summed E-state index contributed by atoms with van der Waals surface area (Å²) in [6.07, 6.45) is 1.03. The molecule has 86 valence electrons. The summed E-state index contributed by atoms with van der Waals surface area (Å²) >= 11 is 1.62. The van der Waals surface area contributed by atoms with Gasteiger partial charge in [0.05, 0.1) is 29.5 Å². The van der Waals surface area contributed by atoms with Gasteiger partial charge in [-0.25, -0.2) is 4.98 Å². The molecule has 2 N–H and O–H groups in total. The first-order chi connectivity index (χ1) is 7.17. The molecule has 15 heavy (non-hydrogen) atoms. The van der Waals surface area contributed by atoms with E-state index in [9.17, 15) is 0 Å². The molecule has 1 heterocycles. The zero-order valence-electron chi connectivity index (χ0n) is 9.40. The van der Waals surface area contributed by atoms with Gasteiger partial charge in [-0.3, -0.25) is 0 Å². The van der Waals surface area contributed by atoms with E-state index in [1.807, 2.05) is 12.3 Å². The van der Waals surface area contributed by atoms with E-state index in [0.29, 0.717) is 6.61 Å². The van der Waals surface area contributed by atoms with Crippen LogP contribution in [0.3, 0.4) is 0 Å². The molecule has 0 aliphatic carbocycles. The van der Waals surface area contributed by atoms with Crippen LogP contribution in [0.2, 0.25) is 0 Å². The average Bonchev–Trinajstić information content (AvgIpc) is 2.66. The number of thiazole rings is 1. The van der Waals surface area contributed by atoms with E-state index in [-0.39, 0.29) is 12.1 Å². The van der Waals surface area contributed by atoms with E-state index < -0.39 is 0 Å². The van der Waals surface area contributed by atoms with Gasteiger partial charge >= 0.3 is 0 Å². The fraction of sp³-hybridized carbons (Fsp3) is 0.700. The van der Waals surface area contributed by atoms with Crippen molar-refractivity contribution in [3.05, 3.63) is 16.1 Å². The van der Waals surface area contributed by atoms with Gasteiger partial charge in [-0.15, -0.1) is 11.3 Å². The second-order valence-corrected chi connectivity index (χ2v) is 4.42. The lowest BCUT2D eigenvalue weighted by Gasteiger charge is -2.07. The lowest BCUT2D eigenvalue weighted by Crippen LogP contribution is -2.16. The first-order valence-corrected chi connectivity index (χ1v) is 5.77. The third kappa shape index (κ3) is 3.87. The maximum Gasteiger partial charge on any atom is 0.0954 e. The highest BCUT2D eigenvalue weighted by Gasteiger charge is 2.11. The van der Waals surface area contributed by atoms with Crippen LogP contribution >= 0.6 is 11.3 Å². The Hall–Kier alpha value is -0.490. The van der Waals surface area contributed by atoms with Crippen LogP contribution in [0.15, 0.2) is 5.38 Å². The summed E-state index contributed by atoms with van der Waals surface area (Å²) in [4.78, 5) is 4.45. The molecular formula is C10H18N2O2S. The molecule has 2 atom stereocenters. The van der Waals surface area contributed by atoms with E-state index in [4.69, 9.17) is 15.2 Å². The van der Waals surface area contributed by atoms with Crippen molar-refractivity contribution in [1.82, 2.24) is 4.98 Å². The maximum atomic E-state index is 5.87. The largest absolute Gasteiger partial charge is 0.383 e. The highest BCUT2D eigenvalue weighted by atomic mass is 32.1. The predicted octanol–water partition coefficient (Wildman–Crippen LogP) is 1.37. The Morgan fingerprint density at radius 1 is 1.53 bits per heavy atom. The van der Waals surface area contributed by atoms with Crippen molar-refractivity contribution in [3.8, 4) is 0 Å². The average molecular weight is 230 g/mol. The van der Waals surface area contributed by atoms with Crippen molar-refractivity contribution in [2.75, 3.05) is 20.8 Å². The summed E-state index contributed by atoms with van der Waals surface area (Å²) in [5.74, 6) is 0. The quantitative estimate of drug-likeness (QED) is 0.802. The second kappa shape index (κ2) is 6.17. The standard InChI is InChI=1S/C10H18N2O2S/c1-7(14-3)4-10-12-9(6-15-10)8(11)5-13-2/h6-8H,4-5,11H2,1-3H3. The molecule has 0 aliphatic heterocycles. The molecule has 2 unspecified atom stereocenters. The Morgan fingerprint density at radius 3 is 2.87 bits per heavy atom. The normalized spacial score (nSPS) is 15.2. The summed E-state index contributed by atoms with van der Waals surface area (Å²) in [6, 6.07) is -0.127. The summed E-state index contributed by atoms with van der Waals surface area (Å²) in [5.41, 5.74) is 6.77. The molecule has 0 aromatic carbocycles. The number of nitrogens with two attached hydrogens (primary N) is 1. The minimum absolute atomic E-state index is 0.127. The first kappa shape index (κ1) is 12.6. The summed E-state index contributed by atoms with van der Waals surface area (Å²) in [5, 5.41) is 3.05. The van der Waals surface area contributed by atoms with Crippen molar-refractivity contribution in [2.45, 2.75) is 25.5 Å². The van der Waals surface area contributed by atoms with Crippen LogP contribution in [-0.4, -0.2) is 31.9 Å². The Morgan fingerprint density at radius 2 is 2.27 bits per heavy atom. The van der Waals surface area contributed by atoms with Crippen LogP contribution in [0.5, 0.6) is 0 Å². The van der Waals surface area contributed by atoms with Crippen LogP contribution < -0.4 is 5.73 Å². The van der Waals surface area contributed by atoms with Gasteiger partial charge in [-0.2, -0.15) is 0 Å². The van der Waals surface area contributed by atoms with Gasteiger partial charge in [0, 0.05) is 26.0 Å². The molecule has 0 bridgehead atoms. The van der Waals surface area contributed by atoms with Crippen molar-refractivity contribution in [3.63, 3.8) is 0 Å². The lowest BCUT2D eigenvalue weighted by molar-refractivity contribution is 0.118. The van der Waals surface area contributed by atoms with Crippen LogP contribution in [0.25, 0.3) is 0 Å². The van der Waals surface area contributed by atoms with Crippen molar-refractivity contribution < 1.29 is 9.47 Å². The summed E-state index contributed by atoms with van der Waals surface area (Å²) in [7, 11) is 3.34. The fourth-order valence-electron chi connectivity index (χ4n) is 1.18. The van der Waals surface area contributed by atoms with Crippen molar-refractivity contribution in [1.29, 1.82) is 0 Å². The fourth-order valence-corrected chi connectivity index (χ4v) is 2.16. The van der Waals surface area contributed by atoms with E-state index in [2.05, 4.69) is 4.98 Å². The molecule has 0 fully saturated rings. The van der Waals surface area contributed by atoms with E-state index in [0.717, 1.165) is 17.1 Å². The Labute approximate surface area is 94.4 Å². The van der Waals surface area contributed by atoms with Crippen molar-refractivity contribution >= 4 is 11.3 Å². The number of rotatable bonds is 6.